The fourth-order valence-electron chi connectivity index (χ4n) is 4.99. The summed E-state index contributed by atoms with van der Waals surface area (Å²) in [5.74, 6) is 1.15. The van der Waals surface area contributed by atoms with Gasteiger partial charge in [0.25, 0.3) is 0 Å². The van der Waals surface area contributed by atoms with Crippen molar-refractivity contribution in [1.29, 1.82) is 0 Å². The Bertz CT molecular complexity index is 589. The van der Waals surface area contributed by atoms with E-state index in [1.54, 1.807) is 7.11 Å². The molecule has 3 aliphatic rings. The molecule has 1 fully saturated rings. The van der Waals surface area contributed by atoms with E-state index in [-0.39, 0.29) is 43.0 Å². The van der Waals surface area contributed by atoms with Crippen LogP contribution in [0, 0.1) is 17.3 Å². The highest BCUT2D eigenvalue weighted by Gasteiger charge is 2.48. The summed E-state index contributed by atoms with van der Waals surface area (Å²) < 4.78 is 16.9. The molecule has 0 radical (unpaired) electrons. The summed E-state index contributed by atoms with van der Waals surface area (Å²) >= 11 is 0. The molecule has 0 unspecified atom stereocenters. The molecule has 5 nitrogen and oxygen atoms in total. The van der Waals surface area contributed by atoms with Crippen molar-refractivity contribution in [3.63, 3.8) is 0 Å². The van der Waals surface area contributed by atoms with Gasteiger partial charge >= 0.3 is 0 Å². The summed E-state index contributed by atoms with van der Waals surface area (Å²) in [5.41, 5.74) is 2.20. The Morgan fingerprint density at radius 2 is 2.08 bits per heavy atom. The first-order valence-electron chi connectivity index (χ1n) is 9.81. The number of ketones is 1. The smallest absolute Gasteiger partial charge is 0.191 e. The third kappa shape index (κ3) is 3.62. The number of Topliss-reactive ketones (excluding diaryl/α,β-unsaturated/α-hetero) is 1. The Morgan fingerprint density at radius 1 is 1.27 bits per heavy atom. The zero-order chi connectivity index (χ0) is 18.7. The van der Waals surface area contributed by atoms with E-state index in [1.807, 2.05) is 0 Å². The highest BCUT2D eigenvalue weighted by Crippen LogP contribution is 2.52. The first-order chi connectivity index (χ1) is 12.5. The van der Waals surface area contributed by atoms with Crippen molar-refractivity contribution in [2.75, 3.05) is 27.1 Å². The number of rotatable bonds is 6. The minimum absolute atomic E-state index is 0.0427. The molecule has 1 N–H and O–H groups in total. The maximum absolute atomic E-state index is 13.6. The molecular formula is C21H32O5. The van der Waals surface area contributed by atoms with Gasteiger partial charge in [-0.15, -0.1) is 0 Å². The number of hydrogen-bond acceptors (Lipinski definition) is 5. The van der Waals surface area contributed by atoms with E-state index in [2.05, 4.69) is 19.9 Å². The van der Waals surface area contributed by atoms with Crippen LogP contribution in [0.1, 0.15) is 52.4 Å². The fourth-order valence-corrected chi connectivity index (χ4v) is 4.99. The van der Waals surface area contributed by atoms with Crippen molar-refractivity contribution in [2.24, 2.45) is 17.3 Å². The molecule has 0 aromatic rings. The average molecular weight is 364 g/mol. The molecule has 146 valence electrons. The van der Waals surface area contributed by atoms with Gasteiger partial charge in [0, 0.05) is 25.0 Å². The molecule has 3 rings (SSSR count). The number of aliphatic hydroxyl groups excluding tert-OH is 1. The molecule has 3 atom stereocenters. The van der Waals surface area contributed by atoms with Gasteiger partial charge in [0.05, 0.1) is 6.61 Å². The van der Waals surface area contributed by atoms with Gasteiger partial charge in [0.2, 0.25) is 0 Å². The van der Waals surface area contributed by atoms with E-state index in [1.165, 1.54) is 5.57 Å². The van der Waals surface area contributed by atoms with Gasteiger partial charge in [-0.1, -0.05) is 25.5 Å². The summed E-state index contributed by atoms with van der Waals surface area (Å²) in [6.07, 6.45) is 7.53. The maximum atomic E-state index is 13.6. The Kier molecular flexibility index (Phi) is 6.21. The van der Waals surface area contributed by atoms with Gasteiger partial charge in [-0.3, -0.25) is 4.79 Å². The maximum Gasteiger partial charge on any atom is 0.191 e. The number of aliphatic hydroxyl groups is 1. The second-order valence-electron chi connectivity index (χ2n) is 8.19. The van der Waals surface area contributed by atoms with Crippen LogP contribution in [0.3, 0.4) is 0 Å². The Labute approximate surface area is 156 Å². The molecule has 1 saturated carbocycles. The molecule has 0 aromatic carbocycles. The quantitative estimate of drug-likeness (QED) is 0.578. The van der Waals surface area contributed by atoms with Gasteiger partial charge in [0.1, 0.15) is 25.3 Å². The number of carbonyl (C=O) groups is 1. The lowest BCUT2D eigenvalue weighted by Gasteiger charge is -2.35. The van der Waals surface area contributed by atoms with Gasteiger partial charge in [-0.05, 0) is 43.4 Å². The highest BCUT2D eigenvalue weighted by molar-refractivity contribution is 6.00. The molecule has 0 aromatic heterocycles. The number of carbonyl (C=O) groups excluding carboxylic acids is 1. The third-order valence-electron chi connectivity index (χ3n) is 6.42. The molecule has 5 heteroatoms. The normalized spacial score (nSPS) is 33.0. The molecule has 26 heavy (non-hydrogen) atoms. The van der Waals surface area contributed by atoms with Crippen LogP contribution in [0.5, 0.6) is 0 Å². The van der Waals surface area contributed by atoms with Crippen LogP contribution >= 0.6 is 0 Å². The number of hydrogen-bond donors (Lipinski definition) is 1. The van der Waals surface area contributed by atoms with Crippen LogP contribution < -0.4 is 0 Å². The summed E-state index contributed by atoms with van der Waals surface area (Å²) in [5, 5.41) is 9.14. The summed E-state index contributed by atoms with van der Waals surface area (Å²) in [7, 11) is 1.59. The van der Waals surface area contributed by atoms with Crippen molar-refractivity contribution >= 4 is 5.78 Å². The van der Waals surface area contributed by atoms with Crippen molar-refractivity contribution in [3.8, 4) is 0 Å². The predicted molar refractivity (Wildman–Crippen MR) is 98.4 cm³/mol. The third-order valence-corrected chi connectivity index (χ3v) is 6.42. The van der Waals surface area contributed by atoms with Crippen LogP contribution in [-0.4, -0.2) is 44.1 Å². The molecular weight excluding hydrogens is 332 g/mol. The van der Waals surface area contributed by atoms with Crippen molar-refractivity contribution in [2.45, 2.75) is 58.5 Å². The van der Waals surface area contributed by atoms with Gasteiger partial charge < -0.3 is 19.3 Å². The van der Waals surface area contributed by atoms with E-state index in [4.69, 9.17) is 19.3 Å². The Hall–Kier alpha value is -1.17. The van der Waals surface area contributed by atoms with E-state index in [0.29, 0.717) is 0 Å². The molecule has 3 aliphatic carbocycles. The van der Waals surface area contributed by atoms with Crippen molar-refractivity contribution < 1.29 is 24.1 Å². The standard InChI is InChI=1S/C21H32O5/c1-21(2)15-8-7-14-5-4-6-17(25-12-11-22)18(14)19(23)20(26-13-24-3)16(21)10-9-15/h8,14,16,20,22H,4-7,9-13H2,1-3H3/b15-8+/t14-,16-,20-/m1/s1. The van der Waals surface area contributed by atoms with Crippen LogP contribution in [-0.2, 0) is 19.0 Å². The first kappa shape index (κ1) is 19.6. The second-order valence-corrected chi connectivity index (χ2v) is 8.19. The summed E-state index contributed by atoms with van der Waals surface area (Å²) in [6.45, 7) is 4.78. The van der Waals surface area contributed by atoms with E-state index in [0.717, 1.165) is 49.9 Å². The lowest BCUT2D eigenvalue weighted by molar-refractivity contribution is -0.146. The van der Waals surface area contributed by atoms with Crippen LogP contribution in [0.2, 0.25) is 0 Å². The molecule has 0 amide bonds. The molecule has 0 saturated heterocycles. The highest BCUT2D eigenvalue weighted by atomic mass is 16.7. The number of fused-ring (bicyclic) bond motifs is 3. The first-order valence-corrected chi connectivity index (χ1v) is 9.81. The zero-order valence-electron chi connectivity index (χ0n) is 16.3. The molecule has 0 spiro atoms. The summed E-state index contributed by atoms with van der Waals surface area (Å²) in [4.78, 5) is 13.6. The van der Waals surface area contributed by atoms with Crippen LogP contribution in [0.4, 0.5) is 0 Å². The summed E-state index contributed by atoms with van der Waals surface area (Å²) in [6, 6.07) is 0. The number of ether oxygens (including phenoxy) is 3. The molecule has 2 bridgehead atoms. The van der Waals surface area contributed by atoms with Crippen molar-refractivity contribution in [1.82, 2.24) is 0 Å². The van der Waals surface area contributed by atoms with Gasteiger partial charge in [-0.25, -0.2) is 0 Å². The zero-order valence-corrected chi connectivity index (χ0v) is 16.3. The lowest BCUT2D eigenvalue weighted by Crippen LogP contribution is -2.41. The number of allylic oxidation sites excluding steroid dienone is 3. The minimum atomic E-state index is -0.503. The van der Waals surface area contributed by atoms with Gasteiger partial charge in [0.15, 0.2) is 5.78 Å². The molecule has 0 aliphatic heterocycles. The monoisotopic (exact) mass is 364 g/mol. The molecule has 0 heterocycles. The predicted octanol–water partition coefficient (Wildman–Crippen LogP) is 3.37. The van der Waals surface area contributed by atoms with E-state index >= 15 is 0 Å². The topological polar surface area (TPSA) is 65.0 Å². The Morgan fingerprint density at radius 3 is 2.81 bits per heavy atom. The average Bonchev–Trinajstić information content (AvgIpc) is 2.93. The second kappa shape index (κ2) is 8.24. The van der Waals surface area contributed by atoms with E-state index < -0.39 is 6.10 Å². The lowest BCUT2D eigenvalue weighted by atomic mass is 9.74. The minimum Gasteiger partial charge on any atom is -0.495 e. The van der Waals surface area contributed by atoms with E-state index in [9.17, 15) is 4.79 Å². The van der Waals surface area contributed by atoms with Crippen LogP contribution in [0.25, 0.3) is 0 Å². The van der Waals surface area contributed by atoms with Crippen molar-refractivity contribution in [3.05, 3.63) is 23.0 Å². The largest absolute Gasteiger partial charge is 0.495 e. The van der Waals surface area contributed by atoms with Gasteiger partial charge in [-0.2, -0.15) is 0 Å². The Balaban J connectivity index is 2.03. The van der Waals surface area contributed by atoms with Crippen LogP contribution in [0.15, 0.2) is 23.0 Å². The number of methoxy groups -OCH3 is 1. The fraction of sp³-hybridized carbons (Fsp3) is 0.762. The SMILES string of the molecule is COCO[C@H]1C(=O)C2=C(OCCO)CCC[C@@H]2C/C=C2\CC[C@H]1C2(C)C.